The molecule has 2 rings (SSSR count). The van der Waals surface area contributed by atoms with Crippen LogP contribution in [0.3, 0.4) is 0 Å². The molecule has 1 N–H and O–H groups in total. The lowest BCUT2D eigenvalue weighted by atomic mass is 10.0. The Hall–Kier alpha value is -1.27. The molecule has 1 heterocycles. The Morgan fingerprint density at radius 3 is 2.95 bits per heavy atom. The van der Waals surface area contributed by atoms with Crippen molar-refractivity contribution in [3.63, 3.8) is 0 Å². The zero-order valence-corrected chi connectivity index (χ0v) is 12.0. The van der Waals surface area contributed by atoms with Crippen molar-refractivity contribution in [3.8, 4) is 0 Å². The monoisotopic (exact) mass is 328 g/mol. The largest absolute Gasteiger partial charge is 0.302 e. The van der Waals surface area contributed by atoms with Crippen LogP contribution < -0.4 is 5.32 Å². The maximum absolute atomic E-state index is 13.3. The molecule has 1 unspecified atom stereocenters. The van der Waals surface area contributed by atoms with Gasteiger partial charge in [0.05, 0.1) is 10.5 Å². The minimum absolute atomic E-state index is 0.157. The van der Waals surface area contributed by atoms with Crippen molar-refractivity contribution < 1.29 is 14.0 Å². The molecule has 102 valence electrons. The minimum Gasteiger partial charge on any atom is -0.302 e. The van der Waals surface area contributed by atoms with Crippen molar-refractivity contribution in [2.24, 2.45) is 0 Å². The Balaban J connectivity index is 2.01. The number of hydrogen-bond acceptors (Lipinski definition) is 3. The highest BCUT2D eigenvalue weighted by molar-refractivity contribution is 9.10. The standard InChI is InChI=1S/C13H14BrFN2O2/c1-17-11(18)6-5-10(13(17)19)16-7-8-3-2-4-9(15)12(8)14/h2-4,10,16H,5-7H2,1H3. The molecular formula is C13H14BrFN2O2. The third-order valence-electron chi connectivity index (χ3n) is 3.22. The number of piperidine rings is 1. The number of imide groups is 1. The highest BCUT2D eigenvalue weighted by atomic mass is 79.9. The smallest absolute Gasteiger partial charge is 0.246 e. The van der Waals surface area contributed by atoms with Gasteiger partial charge in [0.25, 0.3) is 0 Å². The molecule has 0 bridgehead atoms. The number of hydrogen-bond donors (Lipinski definition) is 1. The number of carbonyl (C=O) groups is 2. The Kier molecular flexibility index (Phi) is 4.31. The number of carbonyl (C=O) groups excluding carboxylic acids is 2. The van der Waals surface area contributed by atoms with Crippen LogP contribution in [-0.2, 0) is 16.1 Å². The van der Waals surface area contributed by atoms with Crippen LogP contribution in [-0.4, -0.2) is 29.8 Å². The predicted molar refractivity (Wildman–Crippen MR) is 71.7 cm³/mol. The molecule has 0 radical (unpaired) electrons. The summed E-state index contributed by atoms with van der Waals surface area (Å²) in [6, 6.07) is 4.38. The molecule has 1 aliphatic rings. The number of halogens is 2. The van der Waals surface area contributed by atoms with Gasteiger partial charge in [-0.3, -0.25) is 14.5 Å². The number of amides is 2. The van der Waals surface area contributed by atoms with E-state index in [2.05, 4.69) is 21.2 Å². The van der Waals surface area contributed by atoms with Crippen LogP contribution >= 0.6 is 15.9 Å². The van der Waals surface area contributed by atoms with Crippen molar-refractivity contribution in [2.75, 3.05) is 7.05 Å². The van der Waals surface area contributed by atoms with Gasteiger partial charge >= 0.3 is 0 Å². The molecule has 1 atom stereocenters. The molecule has 6 heteroatoms. The van der Waals surface area contributed by atoms with Crippen molar-refractivity contribution in [1.82, 2.24) is 10.2 Å². The van der Waals surface area contributed by atoms with Gasteiger partial charge in [0.1, 0.15) is 5.82 Å². The van der Waals surface area contributed by atoms with E-state index >= 15 is 0 Å². The lowest BCUT2D eigenvalue weighted by Crippen LogP contribution is -2.51. The van der Waals surface area contributed by atoms with E-state index in [0.717, 1.165) is 10.5 Å². The lowest BCUT2D eigenvalue weighted by molar-refractivity contribution is -0.148. The molecule has 1 aromatic rings. The van der Waals surface area contributed by atoms with Gasteiger partial charge in [-0.1, -0.05) is 12.1 Å². The lowest BCUT2D eigenvalue weighted by Gasteiger charge is -2.28. The average molecular weight is 329 g/mol. The average Bonchev–Trinajstić information content (AvgIpc) is 2.40. The number of rotatable bonds is 3. The molecular weight excluding hydrogens is 315 g/mol. The van der Waals surface area contributed by atoms with Crippen LogP contribution in [0.2, 0.25) is 0 Å². The first-order valence-corrected chi connectivity index (χ1v) is 6.76. The first-order valence-electron chi connectivity index (χ1n) is 5.97. The van der Waals surface area contributed by atoms with Crippen LogP contribution in [0.4, 0.5) is 4.39 Å². The first-order chi connectivity index (χ1) is 9.00. The minimum atomic E-state index is -0.391. The molecule has 1 fully saturated rings. The highest BCUT2D eigenvalue weighted by Crippen LogP contribution is 2.21. The molecule has 0 aliphatic carbocycles. The van der Waals surface area contributed by atoms with Crippen molar-refractivity contribution in [2.45, 2.75) is 25.4 Å². The van der Waals surface area contributed by atoms with E-state index in [0.29, 0.717) is 23.9 Å². The zero-order valence-electron chi connectivity index (χ0n) is 10.5. The summed E-state index contributed by atoms with van der Waals surface area (Å²) >= 11 is 3.18. The highest BCUT2D eigenvalue weighted by Gasteiger charge is 2.31. The van der Waals surface area contributed by atoms with Gasteiger partial charge in [0.15, 0.2) is 0 Å². The van der Waals surface area contributed by atoms with Crippen molar-refractivity contribution in [1.29, 1.82) is 0 Å². The van der Waals surface area contributed by atoms with Gasteiger partial charge < -0.3 is 5.32 Å². The molecule has 1 saturated heterocycles. The maximum atomic E-state index is 13.3. The second kappa shape index (κ2) is 5.79. The fraction of sp³-hybridized carbons (Fsp3) is 0.385. The molecule has 4 nitrogen and oxygen atoms in total. The van der Waals surface area contributed by atoms with Crippen molar-refractivity contribution >= 4 is 27.7 Å². The molecule has 2 amide bonds. The van der Waals surface area contributed by atoms with E-state index < -0.39 is 6.04 Å². The summed E-state index contributed by atoms with van der Waals surface area (Å²) in [6.45, 7) is 0.372. The Morgan fingerprint density at radius 2 is 2.21 bits per heavy atom. The Morgan fingerprint density at radius 1 is 1.47 bits per heavy atom. The molecule has 1 aliphatic heterocycles. The second-order valence-corrected chi connectivity index (χ2v) is 5.27. The van der Waals surface area contributed by atoms with E-state index in [4.69, 9.17) is 0 Å². The summed E-state index contributed by atoms with van der Waals surface area (Å²) in [5.41, 5.74) is 0.743. The van der Waals surface area contributed by atoms with Crippen LogP contribution in [0, 0.1) is 5.82 Å². The quantitative estimate of drug-likeness (QED) is 0.861. The molecule has 1 aromatic carbocycles. The number of benzene rings is 1. The SMILES string of the molecule is CN1C(=O)CCC(NCc2cccc(F)c2Br)C1=O. The molecule has 19 heavy (non-hydrogen) atoms. The van der Waals surface area contributed by atoms with Crippen LogP contribution in [0.25, 0.3) is 0 Å². The summed E-state index contributed by atoms with van der Waals surface area (Å²) in [5, 5.41) is 3.07. The van der Waals surface area contributed by atoms with E-state index in [1.807, 2.05) is 0 Å². The Labute approximate surface area is 119 Å². The fourth-order valence-electron chi connectivity index (χ4n) is 2.02. The van der Waals surface area contributed by atoms with E-state index in [1.54, 1.807) is 12.1 Å². The molecule has 0 aromatic heterocycles. The summed E-state index contributed by atoms with van der Waals surface area (Å²) in [6.07, 6.45) is 0.833. The van der Waals surface area contributed by atoms with E-state index in [-0.39, 0.29) is 17.6 Å². The number of nitrogens with zero attached hydrogens (tertiary/aromatic N) is 1. The normalized spacial score (nSPS) is 19.9. The summed E-state index contributed by atoms with van der Waals surface area (Å²) in [7, 11) is 1.48. The van der Waals surface area contributed by atoms with Crippen molar-refractivity contribution in [3.05, 3.63) is 34.1 Å². The second-order valence-electron chi connectivity index (χ2n) is 4.48. The van der Waals surface area contributed by atoms with Gasteiger partial charge in [-0.15, -0.1) is 0 Å². The van der Waals surface area contributed by atoms with Gasteiger partial charge in [-0.2, -0.15) is 0 Å². The zero-order chi connectivity index (χ0) is 14.0. The van der Waals surface area contributed by atoms with E-state index in [1.165, 1.54) is 13.1 Å². The summed E-state index contributed by atoms with van der Waals surface area (Å²) in [5.74, 6) is -0.722. The number of likely N-dealkylation sites (N-methyl/N-ethyl adjacent to an activating group) is 1. The maximum Gasteiger partial charge on any atom is 0.246 e. The third kappa shape index (κ3) is 3.01. The Bertz CT molecular complexity index is 521. The van der Waals surface area contributed by atoms with Crippen LogP contribution in [0.5, 0.6) is 0 Å². The van der Waals surface area contributed by atoms with Gasteiger partial charge in [-0.05, 0) is 34.0 Å². The van der Waals surface area contributed by atoms with Crippen LogP contribution in [0.1, 0.15) is 18.4 Å². The third-order valence-corrected chi connectivity index (χ3v) is 4.11. The van der Waals surface area contributed by atoms with Crippen LogP contribution in [0.15, 0.2) is 22.7 Å². The predicted octanol–water partition coefficient (Wildman–Crippen LogP) is 1.83. The number of nitrogens with one attached hydrogen (secondary N) is 1. The molecule has 0 spiro atoms. The fourth-order valence-corrected chi connectivity index (χ4v) is 2.43. The van der Waals surface area contributed by atoms with Gasteiger partial charge in [0, 0.05) is 20.0 Å². The summed E-state index contributed by atoms with van der Waals surface area (Å²) in [4.78, 5) is 24.3. The van der Waals surface area contributed by atoms with Gasteiger partial charge in [0.2, 0.25) is 11.8 Å². The van der Waals surface area contributed by atoms with E-state index in [9.17, 15) is 14.0 Å². The van der Waals surface area contributed by atoms with Gasteiger partial charge in [-0.25, -0.2) is 4.39 Å². The number of likely N-dealkylation sites (tertiary alicyclic amines) is 1. The summed E-state index contributed by atoms with van der Waals surface area (Å²) < 4.78 is 13.7. The topological polar surface area (TPSA) is 49.4 Å². The molecule has 0 saturated carbocycles. The first kappa shape index (κ1) is 14.1.